The molecule has 2 aromatic heterocycles. The van der Waals surface area contributed by atoms with E-state index in [0.29, 0.717) is 6.54 Å². The average Bonchev–Trinajstić information content (AvgIpc) is 2.65. The Balaban J connectivity index is 2.30. The van der Waals surface area contributed by atoms with E-state index in [1.807, 2.05) is 10.6 Å². The fraction of sp³-hybridized carbons (Fsp3) is 0.125. The van der Waals surface area contributed by atoms with Gasteiger partial charge in [0.2, 0.25) is 0 Å². The van der Waals surface area contributed by atoms with Crippen molar-refractivity contribution in [3.05, 3.63) is 30.6 Å². The second-order valence-electron chi connectivity index (χ2n) is 2.86. The largest absolute Gasteiger partial charge is 0.375 e. The summed E-state index contributed by atoms with van der Waals surface area (Å²) < 4.78 is 1.97. The quantitative estimate of drug-likeness (QED) is 0.633. The van der Waals surface area contributed by atoms with Gasteiger partial charge < -0.3 is 5.32 Å². The molecule has 0 aromatic carbocycles. The molecule has 0 fully saturated rings. The van der Waals surface area contributed by atoms with E-state index in [1.165, 1.54) is 0 Å². The van der Waals surface area contributed by atoms with E-state index in [1.54, 1.807) is 18.7 Å². The van der Waals surface area contributed by atoms with Crippen LogP contribution in [0.5, 0.6) is 0 Å². The van der Waals surface area contributed by atoms with E-state index in [2.05, 4.69) is 20.5 Å². The first-order valence-electron chi connectivity index (χ1n) is 4.02. The van der Waals surface area contributed by atoms with Gasteiger partial charge in [0.25, 0.3) is 0 Å². The minimum atomic E-state index is 0.707. The van der Waals surface area contributed by atoms with E-state index < -0.39 is 0 Å². The molecule has 0 saturated carbocycles. The zero-order valence-corrected chi connectivity index (χ0v) is 6.81. The van der Waals surface area contributed by atoms with Crippen molar-refractivity contribution < 1.29 is 0 Å². The second kappa shape index (κ2) is 2.29. The van der Waals surface area contributed by atoms with Gasteiger partial charge in [-0.3, -0.25) is 9.55 Å². The fourth-order valence-electron chi connectivity index (χ4n) is 1.49. The molecular formula is C8H7N5. The average molecular weight is 173 g/mol. The maximum absolute atomic E-state index is 4.04. The monoisotopic (exact) mass is 173 g/mol. The predicted octanol–water partition coefficient (Wildman–Crippen LogP) is 0.588. The van der Waals surface area contributed by atoms with Gasteiger partial charge in [-0.25, -0.2) is 0 Å². The van der Waals surface area contributed by atoms with Crippen LogP contribution in [-0.2, 0) is 6.54 Å². The molecule has 2 aromatic rings. The van der Waals surface area contributed by atoms with Gasteiger partial charge in [-0.1, -0.05) is 0 Å². The molecule has 5 nitrogen and oxygen atoms in total. The van der Waals surface area contributed by atoms with Crippen LogP contribution in [0.15, 0.2) is 24.8 Å². The van der Waals surface area contributed by atoms with E-state index in [4.69, 9.17) is 0 Å². The van der Waals surface area contributed by atoms with Gasteiger partial charge >= 0.3 is 0 Å². The number of nitrogens with one attached hydrogen (secondary N) is 1. The van der Waals surface area contributed by atoms with Gasteiger partial charge in [0, 0.05) is 6.20 Å². The van der Waals surface area contributed by atoms with E-state index in [-0.39, 0.29) is 0 Å². The smallest absolute Gasteiger partial charge is 0.156 e. The van der Waals surface area contributed by atoms with Crippen molar-refractivity contribution in [2.45, 2.75) is 6.54 Å². The standard InChI is InChI=1S/C8H7N5/c1-2-9-3-6-7(1)13-5-11-12-8(13)4-10-6/h1-3,5,10H,4H2. The van der Waals surface area contributed by atoms with E-state index >= 15 is 0 Å². The lowest BCUT2D eigenvalue weighted by Crippen LogP contribution is -2.15. The molecule has 1 aliphatic rings. The molecule has 3 rings (SSSR count). The summed E-state index contributed by atoms with van der Waals surface area (Å²) in [5, 5.41) is 11.1. The molecule has 64 valence electrons. The second-order valence-corrected chi connectivity index (χ2v) is 2.86. The van der Waals surface area contributed by atoms with Crippen molar-refractivity contribution in [3.63, 3.8) is 0 Å². The Morgan fingerprint density at radius 2 is 2.46 bits per heavy atom. The first-order valence-corrected chi connectivity index (χ1v) is 4.02. The van der Waals surface area contributed by atoms with Gasteiger partial charge in [0.05, 0.1) is 24.1 Å². The highest BCUT2D eigenvalue weighted by atomic mass is 15.3. The number of rotatable bonds is 0. The molecule has 0 aliphatic carbocycles. The van der Waals surface area contributed by atoms with Crippen LogP contribution in [0, 0.1) is 0 Å². The third-order valence-corrected chi connectivity index (χ3v) is 2.11. The van der Waals surface area contributed by atoms with Crippen molar-refractivity contribution in [2.75, 3.05) is 5.32 Å². The Labute approximate surface area is 74.4 Å². The van der Waals surface area contributed by atoms with Crippen LogP contribution < -0.4 is 5.32 Å². The zero-order chi connectivity index (χ0) is 8.67. The summed E-state index contributed by atoms with van der Waals surface area (Å²) in [4.78, 5) is 4.04. The molecule has 0 bridgehead atoms. The summed E-state index contributed by atoms with van der Waals surface area (Å²) in [6.45, 7) is 0.707. The van der Waals surface area contributed by atoms with Crippen LogP contribution in [0.2, 0.25) is 0 Å². The number of fused-ring (bicyclic) bond motifs is 3. The lowest BCUT2D eigenvalue weighted by molar-refractivity contribution is 0.858. The summed E-state index contributed by atoms with van der Waals surface area (Å²) in [6, 6.07) is 1.94. The third-order valence-electron chi connectivity index (χ3n) is 2.11. The summed E-state index contributed by atoms with van der Waals surface area (Å²) in [7, 11) is 0. The number of hydrogen-bond donors (Lipinski definition) is 1. The van der Waals surface area contributed by atoms with Crippen molar-refractivity contribution in [1.82, 2.24) is 19.7 Å². The van der Waals surface area contributed by atoms with Crippen molar-refractivity contribution in [2.24, 2.45) is 0 Å². The number of pyridine rings is 1. The molecule has 13 heavy (non-hydrogen) atoms. The number of hydrogen-bond acceptors (Lipinski definition) is 4. The first kappa shape index (κ1) is 6.59. The molecule has 0 unspecified atom stereocenters. The van der Waals surface area contributed by atoms with E-state index in [0.717, 1.165) is 17.2 Å². The van der Waals surface area contributed by atoms with Crippen LogP contribution in [-0.4, -0.2) is 19.7 Å². The first-order chi connectivity index (χ1) is 6.45. The van der Waals surface area contributed by atoms with Crippen LogP contribution in [0.25, 0.3) is 5.69 Å². The maximum atomic E-state index is 4.04. The van der Waals surface area contributed by atoms with Gasteiger partial charge in [-0.05, 0) is 6.07 Å². The van der Waals surface area contributed by atoms with Gasteiger partial charge in [0.15, 0.2) is 5.82 Å². The Morgan fingerprint density at radius 3 is 3.46 bits per heavy atom. The molecule has 0 atom stereocenters. The summed E-state index contributed by atoms with van der Waals surface area (Å²) in [6.07, 6.45) is 5.28. The third kappa shape index (κ3) is 0.837. The molecular weight excluding hydrogens is 166 g/mol. The van der Waals surface area contributed by atoms with Gasteiger partial charge in [-0.2, -0.15) is 0 Å². The molecule has 5 heteroatoms. The molecule has 1 aliphatic heterocycles. The molecule has 0 amide bonds. The predicted molar refractivity (Wildman–Crippen MR) is 46.5 cm³/mol. The zero-order valence-electron chi connectivity index (χ0n) is 6.81. The van der Waals surface area contributed by atoms with Crippen molar-refractivity contribution in [3.8, 4) is 5.69 Å². The molecule has 1 N–H and O–H groups in total. The number of nitrogens with zero attached hydrogens (tertiary/aromatic N) is 4. The maximum Gasteiger partial charge on any atom is 0.156 e. The van der Waals surface area contributed by atoms with Gasteiger partial charge in [0.1, 0.15) is 6.33 Å². The topological polar surface area (TPSA) is 55.6 Å². The normalized spacial score (nSPS) is 12.9. The molecule has 0 spiro atoms. The summed E-state index contributed by atoms with van der Waals surface area (Å²) in [5.41, 5.74) is 2.08. The Bertz CT molecular complexity index is 447. The molecule has 3 heterocycles. The Morgan fingerprint density at radius 1 is 1.46 bits per heavy atom. The lowest BCUT2D eigenvalue weighted by Gasteiger charge is -2.17. The fourth-order valence-corrected chi connectivity index (χ4v) is 1.49. The van der Waals surface area contributed by atoms with Gasteiger partial charge in [-0.15, -0.1) is 10.2 Å². The minimum absolute atomic E-state index is 0.707. The van der Waals surface area contributed by atoms with Crippen molar-refractivity contribution >= 4 is 5.69 Å². The Kier molecular flexibility index (Phi) is 1.16. The highest BCUT2D eigenvalue weighted by Crippen LogP contribution is 2.23. The van der Waals surface area contributed by atoms with Crippen LogP contribution >= 0.6 is 0 Å². The van der Waals surface area contributed by atoms with Crippen LogP contribution in [0.3, 0.4) is 0 Å². The van der Waals surface area contributed by atoms with E-state index in [9.17, 15) is 0 Å². The summed E-state index contributed by atoms with van der Waals surface area (Å²) in [5.74, 6) is 0.929. The minimum Gasteiger partial charge on any atom is -0.375 e. The van der Waals surface area contributed by atoms with Crippen LogP contribution in [0.4, 0.5) is 5.69 Å². The number of aromatic nitrogens is 4. The van der Waals surface area contributed by atoms with Crippen molar-refractivity contribution in [1.29, 1.82) is 0 Å². The Hall–Kier alpha value is -1.91. The molecule has 0 radical (unpaired) electrons. The SMILES string of the molecule is c1cc2c(cn1)NCc1nncn1-2. The highest BCUT2D eigenvalue weighted by molar-refractivity contribution is 5.61. The number of anilines is 1. The summed E-state index contributed by atoms with van der Waals surface area (Å²) >= 11 is 0. The highest BCUT2D eigenvalue weighted by Gasteiger charge is 2.15. The molecule has 0 saturated heterocycles. The lowest BCUT2D eigenvalue weighted by atomic mass is 10.3. The van der Waals surface area contributed by atoms with Crippen LogP contribution in [0.1, 0.15) is 5.82 Å².